The normalized spacial score (nSPS) is 15.6. The maximum Gasteiger partial charge on any atom is 0.309 e. The summed E-state index contributed by atoms with van der Waals surface area (Å²) in [7, 11) is 0. The van der Waals surface area contributed by atoms with E-state index in [4.69, 9.17) is 9.84 Å². The molecule has 22 heavy (non-hydrogen) atoms. The number of ether oxygens (including phenoxy) is 1. The van der Waals surface area contributed by atoms with Gasteiger partial charge in [-0.2, -0.15) is 0 Å². The molecule has 1 saturated heterocycles. The summed E-state index contributed by atoms with van der Waals surface area (Å²) in [5, 5.41) is 15.7. The highest BCUT2D eigenvalue weighted by Gasteiger charge is 2.23. The van der Waals surface area contributed by atoms with Crippen molar-refractivity contribution in [2.24, 2.45) is 0 Å². The molecule has 0 saturated carbocycles. The Balaban J connectivity index is 1.90. The maximum atomic E-state index is 10.8. The zero-order valence-electron chi connectivity index (χ0n) is 12.0. The second-order valence-corrected chi connectivity index (χ2v) is 5.74. The quantitative estimate of drug-likeness (QED) is 0.911. The average molecular weight is 319 g/mol. The summed E-state index contributed by atoms with van der Waals surface area (Å²) < 4.78 is 5.42. The van der Waals surface area contributed by atoms with Gasteiger partial charge in [-0.15, -0.1) is 11.3 Å². The fourth-order valence-corrected chi connectivity index (χ4v) is 3.22. The number of carboxylic acids is 1. The fraction of sp³-hybridized carbons (Fsp3) is 0.333. The van der Waals surface area contributed by atoms with E-state index in [1.807, 2.05) is 30.3 Å². The maximum absolute atomic E-state index is 10.8. The van der Waals surface area contributed by atoms with Crippen LogP contribution in [0.25, 0.3) is 0 Å². The lowest BCUT2D eigenvalue weighted by molar-refractivity contribution is -0.136. The van der Waals surface area contributed by atoms with Gasteiger partial charge in [0.1, 0.15) is 0 Å². The third-order valence-electron chi connectivity index (χ3n) is 3.32. The molecule has 1 aliphatic heterocycles. The molecule has 1 aliphatic rings. The predicted molar refractivity (Wildman–Crippen MR) is 84.4 cm³/mol. The standard InChI is InChI=1S/C15H17N3O3S/c19-14(20)10-12-11-22-15(16-12)18(13-4-2-1-3-5-13)17-6-8-21-9-7-17/h1-5,11H,6-10H2,(H,19,20). The second-order valence-electron chi connectivity index (χ2n) is 4.91. The van der Waals surface area contributed by atoms with Gasteiger partial charge in [-0.1, -0.05) is 18.2 Å². The van der Waals surface area contributed by atoms with Crippen LogP contribution in [0.2, 0.25) is 0 Å². The van der Waals surface area contributed by atoms with Crippen molar-refractivity contribution < 1.29 is 14.6 Å². The summed E-state index contributed by atoms with van der Waals surface area (Å²) >= 11 is 1.46. The highest BCUT2D eigenvalue weighted by molar-refractivity contribution is 7.13. The van der Waals surface area contributed by atoms with Crippen LogP contribution < -0.4 is 5.01 Å². The molecule has 1 aromatic heterocycles. The molecular weight excluding hydrogens is 302 g/mol. The van der Waals surface area contributed by atoms with Crippen molar-refractivity contribution in [3.8, 4) is 0 Å². The minimum Gasteiger partial charge on any atom is -0.481 e. The van der Waals surface area contributed by atoms with Gasteiger partial charge in [-0.05, 0) is 12.1 Å². The Morgan fingerprint density at radius 2 is 2.05 bits per heavy atom. The summed E-state index contributed by atoms with van der Waals surface area (Å²) in [6.07, 6.45) is -0.0533. The molecule has 0 atom stereocenters. The molecule has 116 valence electrons. The largest absolute Gasteiger partial charge is 0.481 e. The molecule has 6 nitrogen and oxygen atoms in total. The number of benzene rings is 1. The van der Waals surface area contributed by atoms with Gasteiger partial charge in [0.25, 0.3) is 0 Å². The Morgan fingerprint density at radius 1 is 1.32 bits per heavy atom. The Morgan fingerprint density at radius 3 is 2.73 bits per heavy atom. The van der Waals surface area contributed by atoms with Gasteiger partial charge in [0.05, 0.1) is 31.0 Å². The van der Waals surface area contributed by atoms with Crippen LogP contribution in [0, 0.1) is 0 Å². The SMILES string of the molecule is O=C(O)Cc1csc(N(c2ccccc2)N2CCOCC2)n1. The third kappa shape index (κ3) is 3.44. The third-order valence-corrected chi connectivity index (χ3v) is 4.19. The van der Waals surface area contributed by atoms with E-state index in [-0.39, 0.29) is 6.42 Å². The number of aliphatic carboxylic acids is 1. The molecule has 0 bridgehead atoms. The number of rotatable bonds is 5. The number of thiazole rings is 1. The van der Waals surface area contributed by atoms with Crippen molar-refractivity contribution in [2.45, 2.75) is 6.42 Å². The lowest BCUT2D eigenvalue weighted by Crippen LogP contribution is -2.46. The Bertz CT molecular complexity index is 626. The van der Waals surface area contributed by atoms with Crippen molar-refractivity contribution in [3.63, 3.8) is 0 Å². The number of hydrogen-bond acceptors (Lipinski definition) is 6. The number of para-hydroxylation sites is 1. The lowest BCUT2D eigenvalue weighted by Gasteiger charge is -2.37. The molecule has 1 aromatic carbocycles. The van der Waals surface area contributed by atoms with Crippen LogP contribution in [0.1, 0.15) is 5.69 Å². The molecular formula is C15H17N3O3S. The number of anilines is 2. The van der Waals surface area contributed by atoms with E-state index in [1.54, 1.807) is 5.38 Å². The monoisotopic (exact) mass is 319 g/mol. The number of carbonyl (C=O) groups is 1. The summed E-state index contributed by atoms with van der Waals surface area (Å²) in [4.78, 5) is 15.3. The van der Waals surface area contributed by atoms with Gasteiger partial charge in [-0.25, -0.2) is 15.0 Å². The van der Waals surface area contributed by atoms with Crippen molar-refractivity contribution >= 4 is 28.1 Å². The molecule has 0 spiro atoms. The van der Waals surface area contributed by atoms with Crippen LogP contribution in [0.5, 0.6) is 0 Å². The van der Waals surface area contributed by atoms with Crippen LogP contribution in [-0.4, -0.2) is 47.4 Å². The number of hydrogen-bond donors (Lipinski definition) is 1. The van der Waals surface area contributed by atoms with Crippen molar-refractivity contribution in [1.82, 2.24) is 9.99 Å². The van der Waals surface area contributed by atoms with Crippen molar-refractivity contribution in [2.75, 3.05) is 31.3 Å². The number of carboxylic acid groups (broad SMARTS) is 1. The van der Waals surface area contributed by atoms with Crippen LogP contribution in [0.4, 0.5) is 10.8 Å². The topological polar surface area (TPSA) is 65.9 Å². The first kappa shape index (κ1) is 15.0. The molecule has 2 aromatic rings. The number of aromatic nitrogens is 1. The van der Waals surface area contributed by atoms with Crippen LogP contribution in [0.3, 0.4) is 0 Å². The number of morpholine rings is 1. The zero-order valence-corrected chi connectivity index (χ0v) is 12.8. The Hall–Kier alpha value is -1.96. The minimum absolute atomic E-state index is 0.0533. The summed E-state index contributed by atoms with van der Waals surface area (Å²) in [5.74, 6) is -0.866. The number of nitrogens with zero attached hydrogens (tertiary/aromatic N) is 3. The first-order valence-electron chi connectivity index (χ1n) is 7.08. The molecule has 0 amide bonds. The summed E-state index contributed by atoms with van der Waals surface area (Å²) in [6, 6.07) is 9.98. The van der Waals surface area contributed by atoms with E-state index >= 15 is 0 Å². The highest BCUT2D eigenvalue weighted by Crippen LogP contribution is 2.30. The van der Waals surface area contributed by atoms with E-state index in [2.05, 4.69) is 15.0 Å². The molecule has 1 N–H and O–H groups in total. The van der Waals surface area contributed by atoms with Crippen LogP contribution in [-0.2, 0) is 16.0 Å². The Kier molecular flexibility index (Phi) is 4.67. The van der Waals surface area contributed by atoms with Gasteiger partial charge in [0.2, 0.25) is 5.13 Å². The molecule has 7 heteroatoms. The fourth-order valence-electron chi connectivity index (χ4n) is 2.35. The molecule has 2 heterocycles. The van der Waals surface area contributed by atoms with Gasteiger partial charge >= 0.3 is 5.97 Å². The Labute approximate surface area is 132 Å². The van der Waals surface area contributed by atoms with E-state index < -0.39 is 5.97 Å². The number of hydrazine groups is 1. The first-order chi connectivity index (χ1) is 10.7. The first-order valence-corrected chi connectivity index (χ1v) is 7.96. The zero-order chi connectivity index (χ0) is 15.4. The van der Waals surface area contributed by atoms with E-state index in [0.29, 0.717) is 18.9 Å². The van der Waals surface area contributed by atoms with E-state index in [0.717, 1.165) is 23.9 Å². The van der Waals surface area contributed by atoms with Crippen LogP contribution in [0.15, 0.2) is 35.7 Å². The van der Waals surface area contributed by atoms with Gasteiger partial charge < -0.3 is 9.84 Å². The van der Waals surface area contributed by atoms with E-state index in [1.165, 1.54) is 11.3 Å². The summed E-state index contributed by atoms with van der Waals surface area (Å²) in [6.45, 7) is 2.92. The molecule has 0 aliphatic carbocycles. The molecule has 0 radical (unpaired) electrons. The second kappa shape index (κ2) is 6.87. The summed E-state index contributed by atoms with van der Waals surface area (Å²) in [5.41, 5.74) is 1.60. The van der Waals surface area contributed by atoms with Gasteiger partial charge in [0.15, 0.2) is 0 Å². The minimum atomic E-state index is -0.866. The molecule has 1 fully saturated rings. The van der Waals surface area contributed by atoms with Crippen molar-refractivity contribution in [1.29, 1.82) is 0 Å². The van der Waals surface area contributed by atoms with Gasteiger partial charge in [-0.3, -0.25) is 4.79 Å². The molecule has 0 unspecified atom stereocenters. The van der Waals surface area contributed by atoms with Gasteiger partial charge in [0, 0.05) is 18.5 Å². The predicted octanol–water partition coefficient (Wildman–Crippen LogP) is 2.16. The molecule has 3 rings (SSSR count). The average Bonchev–Trinajstić information content (AvgIpc) is 2.97. The van der Waals surface area contributed by atoms with Crippen LogP contribution >= 0.6 is 11.3 Å². The van der Waals surface area contributed by atoms with E-state index in [9.17, 15) is 4.79 Å². The highest BCUT2D eigenvalue weighted by atomic mass is 32.1. The van der Waals surface area contributed by atoms with Crippen molar-refractivity contribution in [3.05, 3.63) is 41.4 Å². The lowest BCUT2D eigenvalue weighted by atomic mass is 10.3. The smallest absolute Gasteiger partial charge is 0.309 e.